The van der Waals surface area contributed by atoms with Crippen molar-refractivity contribution in [3.63, 3.8) is 0 Å². The van der Waals surface area contributed by atoms with Gasteiger partial charge in [0.25, 0.3) is 0 Å². The predicted octanol–water partition coefficient (Wildman–Crippen LogP) is 14.8. The van der Waals surface area contributed by atoms with Crippen molar-refractivity contribution in [2.45, 2.75) is 34.6 Å². The third-order valence-corrected chi connectivity index (χ3v) is 17.9. The van der Waals surface area contributed by atoms with Gasteiger partial charge in [0.15, 0.2) is 0 Å². The van der Waals surface area contributed by atoms with Gasteiger partial charge in [0.05, 0.1) is 45.8 Å². The average molecular weight is 834 g/mol. The van der Waals surface area contributed by atoms with Crippen LogP contribution in [0, 0.1) is 34.6 Å². The number of hydrogen-bond donors (Lipinski definition) is 0. The molecule has 3 aliphatic rings. The van der Waals surface area contributed by atoms with Gasteiger partial charge < -0.3 is 14.7 Å². The fourth-order valence-electron chi connectivity index (χ4n) is 10.4. The second-order valence-electron chi connectivity index (χ2n) is 17.4. The van der Waals surface area contributed by atoms with Crippen LogP contribution in [0.15, 0.2) is 176 Å². The summed E-state index contributed by atoms with van der Waals surface area (Å²) >= 11 is 7.53. The molecule has 9 aromatic rings. The topological polar surface area (TPSA) is 9.72 Å². The predicted molar refractivity (Wildman–Crippen MR) is 269 cm³/mol. The minimum atomic E-state index is -2.68. The Morgan fingerprint density at radius 3 is 1.24 bits per heavy atom. The highest BCUT2D eigenvalue weighted by Crippen LogP contribution is 2.67. The maximum absolute atomic E-state index is 7.53. The summed E-state index contributed by atoms with van der Waals surface area (Å²) in [6.07, 6.45) is 0. The zero-order valence-corrected chi connectivity index (χ0v) is 37.2. The molecule has 0 aliphatic carbocycles. The summed E-state index contributed by atoms with van der Waals surface area (Å²) < 4.78 is 0. The quantitative estimate of drug-likeness (QED) is 0.160. The molecule has 0 aromatic heterocycles. The van der Waals surface area contributed by atoms with E-state index < -0.39 is 6.04 Å². The molecule has 0 amide bonds. The first-order chi connectivity index (χ1) is 30.2. The van der Waals surface area contributed by atoms with Crippen LogP contribution >= 0.6 is 6.04 Å². The van der Waals surface area contributed by atoms with E-state index in [0.29, 0.717) is 0 Å². The molecule has 0 atom stereocenters. The lowest BCUT2D eigenvalue weighted by atomic mass is 9.94. The SMILES string of the molecule is Cc1ccc(N2c3cc(C)cc4c3P3(=S)c5c2cc(C)cc5N(c2ccc(-c5cccc(-c6ccccc6)c5)c5ccccc25)c2cc(C)cc(c23)N4c2ccc(C)cc2)cc1. The molecule has 0 bridgehead atoms. The standard InChI is InChI=1S/C57H44N3PS/c1-35-18-22-43(23-19-35)58-49-28-37(3)29-50-55(49)61(62)56-51(58)30-38(4)32-53(56)60(54-33-39(5)31-52(57(54)61)59(50)44-24-20-36(2)21-25-44)48-27-26-45(46-16-9-10-17-47(46)48)42-15-11-14-41(34-42)40-12-7-6-8-13-40/h6-34H,1-5H3. The highest BCUT2D eigenvalue weighted by molar-refractivity contribution is 8.26. The number of rotatable bonds is 5. The van der Waals surface area contributed by atoms with E-state index in [1.54, 1.807) is 0 Å². The Kier molecular flexibility index (Phi) is 8.16. The molecule has 3 nitrogen and oxygen atoms in total. The van der Waals surface area contributed by atoms with E-state index in [2.05, 4.69) is 225 Å². The molecule has 5 heteroatoms. The van der Waals surface area contributed by atoms with Crippen molar-refractivity contribution in [2.24, 2.45) is 0 Å². The van der Waals surface area contributed by atoms with Gasteiger partial charge in [-0.05, 0) is 152 Å². The molecule has 62 heavy (non-hydrogen) atoms. The highest BCUT2D eigenvalue weighted by atomic mass is 32.4. The van der Waals surface area contributed by atoms with Crippen molar-refractivity contribution in [2.75, 3.05) is 14.7 Å². The molecule has 298 valence electrons. The monoisotopic (exact) mass is 833 g/mol. The number of fused-ring (bicyclic) bond motifs is 1. The van der Waals surface area contributed by atoms with Gasteiger partial charge in [-0.2, -0.15) is 0 Å². The lowest BCUT2D eigenvalue weighted by Gasteiger charge is -2.52. The molecule has 0 spiro atoms. The van der Waals surface area contributed by atoms with E-state index in [4.69, 9.17) is 11.8 Å². The van der Waals surface area contributed by atoms with E-state index >= 15 is 0 Å². The number of anilines is 9. The van der Waals surface area contributed by atoms with Crippen LogP contribution in [-0.2, 0) is 11.8 Å². The molecule has 12 rings (SSSR count). The smallest absolute Gasteiger partial charge is 0.0576 e. The first kappa shape index (κ1) is 37.1. The second kappa shape index (κ2) is 13.6. The summed E-state index contributed by atoms with van der Waals surface area (Å²) in [6.45, 7) is 11.0. The van der Waals surface area contributed by atoms with Crippen molar-refractivity contribution in [3.05, 3.63) is 204 Å². The van der Waals surface area contributed by atoms with E-state index in [1.165, 1.54) is 111 Å². The maximum atomic E-state index is 7.53. The van der Waals surface area contributed by atoms with Crippen LogP contribution in [0.3, 0.4) is 0 Å². The maximum Gasteiger partial charge on any atom is 0.0576 e. The summed E-state index contributed by atoms with van der Waals surface area (Å²) in [5, 5.41) is 6.22. The normalized spacial score (nSPS) is 14.0. The fraction of sp³-hybridized carbons (Fsp3) is 0.0877. The van der Waals surface area contributed by atoms with Gasteiger partial charge >= 0.3 is 0 Å². The van der Waals surface area contributed by atoms with Gasteiger partial charge in [0.1, 0.15) is 0 Å². The van der Waals surface area contributed by atoms with Crippen LogP contribution in [-0.4, -0.2) is 0 Å². The molecule has 0 saturated heterocycles. The van der Waals surface area contributed by atoms with E-state index in [9.17, 15) is 0 Å². The summed E-state index contributed by atoms with van der Waals surface area (Å²) in [5.74, 6) is 0. The van der Waals surface area contributed by atoms with Crippen molar-refractivity contribution in [1.82, 2.24) is 0 Å². The van der Waals surface area contributed by atoms with Crippen LogP contribution in [0.25, 0.3) is 33.0 Å². The Morgan fingerprint density at radius 2 is 0.742 bits per heavy atom. The second-order valence-corrected chi connectivity index (χ2v) is 21.6. The molecule has 0 N–H and O–H groups in total. The first-order valence-corrected chi connectivity index (χ1v) is 24.2. The molecule has 3 heterocycles. The zero-order chi connectivity index (χ0) is 42.0. The Labute approximate surface area is 369 Å². The van der Waals surface area contributed by atoms with Gasteiger partial charge in [-0.15, -0.1) is 0 Å². The van der Waals surface area contributed by atoms with Crippen LogP contribution < -0.4 is 30.6 Å². The van der Waals surface area contributed by atoms with E-state index in [1.807, 2.05) is 0 Å². The van der Waals surface area contributed by atoms with Gasteiger partial charge in [0, 0.05) is 32.7 Å². The fourth-order valence-corrected chi connectivity index (χ4v) is 15.6. The molecular formula is C57H44N3PS. The Balaban J connectivity index is 1.19. The molecule has 9 aromatic carbocycles. The molecule has 0 radical (unpaired) electrons. The van der Waals surface area contributed by atoms with E-state index in [-0.39, 0.29) is 0 Å². The zero-order valence-electron chi connectivity index (χ0n) is 35.4. The Morgan fingerprint density at radius 1 is 0.323 bits per heavy atom. The number of benzene rings is 9. The molecule has 0 unspecified atom stereocenters. The summed E-state index contributed by atoms with van der Waals surface area (Å²) in [6, 6.07) is 63.0. The van der Waals surface area contributed by atoms with Crippen LogP contribution in [0.4, 0.5) is 51.2 Å². The lowest BCUT2D eigenvalue weighted by Crippen LogP contribution is -2.47. The molecule has 0 saturated carbocycles. The Hall–Kier alpha value is -6.71. The molecular weight excluding hydrogens is 790 g/mol. The molecule has 0 fully saturated rings. The minimum Gasteiger partial charge on any atom is -0.309 e. The van der Waals surface area contributed by atoms with Crippen LogP contribution in [0.5, 0.6) is 0 Å². The van der Waals surface area contributed by atoms with Crippen molar-refractivity contribution >= 4 is 95.7 Å². The van der Waals surface area contributed by atoms with Crippen molar-refractivity contribution in [3.8, 4) is 22.3 Å². The number of nitrogens with zero attached hydrogens (tertiary/aromatic N) is 3. The van der Waals surface area contributed by atoms with Gasteiger partial charge in [-0.3, -0.25) is 0 Å². The first-order valence-electron chi connectivity index (χ1n) is 21.4. The largest absolute Gasteiger partial charge is 0.309 e. The highest BCUT2D eigenvalue weighted by Gasteiger charge is 2.52. The summed E-state index contributed by atoms with van der Waals surface area (Å²) in [4.78, 5) is 7.59. The minimum absolute atomic E-state index is 1.14. The third kappa shape index (κ3) is 5.33. The van der Waals surface area contributed by atoms with Gasteiger partial charge in [-0.25, -0.2) is 0 Å². The van der Waals surface area contributed by atoms with Gasteiger partial charge in [-0.1, -0.05) is 126 Å². The van der Waals surface area contributed by atoms with Crippen LogP contribution in [0.1, 0.15) is 27.8 Å². The van der Waals surface area contributed by atoms with E-state index in [0.717, 1.165) is 17.1 Å². The van der Waals surface area contributed by atoms with Crippen molar-refractivity contribution in [1.29, 1.82) is 0 Å². The van der Waals surface area contributed by atoms with Crippen LogP contribution in [0.2, 0.25) is 0 Å². The number of hydrogen-bond acceptors (Lipinski definition) is 4. The summed E-state index contributed by atoms with van der Waals surface area (Å²) in [5.41, 5.74) is 21.4. The average Bonchev–Trinajstić information content (AvgIpc) is 3.27. The Bertz CT molecular complexity index is 3250. The number of aryl methyl sites for hydroxylation is 5. The third-order valence-electron chi connectivity index (χ3n) is 13.0. The van der Waals surface area contributed by atoms with Gasteiger partial charge in [0.2, 0.25) is 0 Å². The molecule has 3 aliphatic heterocycles. The summed E-state index contributed by atoms with van der Waals surface area (Å²) in [7, 11) is 0. The lowest BCUT2D eigenvalue weighted by molar-refractivity contribution is 1.20. The van der Waals surface area contributed by atoms with Crippen molar-refractivity contribution < 1.29 is 0 Å².